The molecule has 1 aliphatic carbocycles. The van der Waals surface area contributed by atoms with Gasteiger partial charge in [-0.05, 0) is 18.3 Å². The van der Waals surface area contributed by atoms with Crippen molar-refractivity contribution >= 4 is 5.91 Å². The molecule has 0 bridgehead atoms. The molecule has 2 fully saturated rings. The average Bonchev–Trinajstić information content (AvgIpc) is 3.03. The predicted molar refractivity (Wildman–Crippen MR) is 71.3 cm³/mol. The van der Waals surface area contributed by atoms with Gasteiger partial charge in [0.2, 0.25) is 5.91 Å². The fourth-order valence-corrected chi connectivity index (χ4v) is 2.62. The maximum Gasteiger partial charge on any atom is 0.223 e. The van der Waals surface area contributed by atoms with Gasteiger partial charge in [-0.1, -0.05) is 20.8 Å². The number of morpholine rings is 1. The van der Waals surface area contributed by atoms with Crippen molar-refractivity contribution in [3.8, 4) is 0 Å². The highest BCUT2D eigenvalue weighted by Gasteiger charge is 2.39. The minimum atomic E-state index is 0.163. The number of rotatable bonds is 5. The number of hydrogen-bond acceptors (Lipinski definition) is 3. The van der Waals surface area contributed by atoms with E-state index < -0.39 is 0 Å². The Hall–Kier alpha value is -0.610. The van der Waals surface area contributed by atoms with Crippen LogP contribution in [-0.2, 0) is 9.53 Å². The highest BCUT2D eigenvalue weighted by molar-refractivity contribution is 5.81. The van der Waals surface area contributed by atoms with Crippen LogP contribution in [0.3, 0.4) is 0 Å². The van der Waals surface area contributed by atoms with Crippen molar-refractivity contribution in [2.45, 2.75) is 33.3 Å². The van der Waals surface area contributed by atoms with Crippen LogP contribution in [0.1, 0.15) is 27.2 Å². The van der Waals surface area contributed by atoms with Gasteiger partial charge in [-0.25, -0.2) is 0 Å². The van der Waals surface area contributed by atoms with Gasteiger partial charge in [0.25, 0.3) is 0 Å². The zero-order chi connectivity index (χ0) is 13.1. The summed E-state index contributed by atoms with van der Waals surface area (Å²) in [4.78, 5) is 14.2. The Kier molecular flexibility index (Phi) is 4.62. The first kappa shape index (κ1) is 13.8. The lowest BCUT2D eigenvalue weighted by molar-refractivity contribution is -0.123. The second-order valence-electron chi connectivity index (χ2n) is 6.21. The molecule has 1 saturated heterocycles. The van der Waals surface area contributed by atoms with E-state index in [-0.39, 0.29) is 17.9 Å². The summed E-state index contributed by atoms with van der Waals surface area (Å²) in [6.07, 6.45) is 1.21. The third kappa shape index (κ3) is 3.95. The van der Waals surface area contributed by atoms with E-state index in [4.69, 9.17) is 4.74 Å². The molecule has 4 heteroatoms. The zero-order valence-corrected chi connectivity index (χ0v) is 11.8. The van der Waals surface area contributed by atoms with Crippen LogP contribution >= 0.6 is 0 Å². The number of ether oxygens (including phenoxy) is 1. The van der Waals surface area contributed by atoms with Crippen LogP contribution < -0.4 is 5.32 Å². The average molecular weight is 254 g/mol. The smallest absolute Gasteiger partial charge is 0.223 e. The molecule has 0 aromatic rings. The number of nitrogens with zero attached hydrogens (tertiary/aromatic N) is 1. The van der Waals surface area contributed by atoms with Gasteiger partial charge in [0.15, 0.2) is 0 Å². The minimum absolute atomic E-state index is 0.163. The van der Waals surface area contributed by atoms with E-state index in [0.717, 1.165) is 32.7 Å². The van der Waals surface area contributed by atoms with Crippen molar-refractivity contribution in [3.63, 3.8) is 0 Å². The summed E-state index contributed by atoms with van der Waals surface area (Å²) >= 11 is 0. The van der Waals surface area contributed by atoms with E-state index in [0.29, 0.717) is 18.4 Å². The molecular formula is C14H26N2O2. The second kappa shape index (κ2) is 6.02. The van der Waals surface area contributed by atoms with Crippen LogP contribution in [0.2, 0.25) is 0 Å². The Balaban J connectivity index is 1.67. The SMILES string of the molecule is CC(C)CN1CCO[C@H](CNC(=O)[C@@H]2C[C@@H]2C)C1. The maximum absolute atomic E-state index is 11.7. The van der Waals surface area contributed by atoms with Gasteiger partial charge in [-0.2, -0.15) is 0 Å². The Morgan fingerprint density at radius 3 is 2.83 bits per heavy atom. The van der Waals surface area contributed by atoms with E-state index in [9.17, 15) is 4.79 Å². The van der Waals surface area contributed by atoms with Crippen molar-refractivity contribution in [1.82, 2.24) is 10.2 Å². The number of nitrogens with one attached hydrogen (secondary N) is 1. The van der Waals surface area contributed by atoms with E-state index in [1.54, 1.807) is 0 Å². The lowest BCUT2D eigenvalue weighted by Gasteiger charge is -2.34. The highest BCUT2D eigenvalue weighted by Crippen LogP contribution is 2.37. The standard InChI is InChI=1S/C14H26N2O2/c1-10(2)8-16-4-5-18-12(9-16)7-15-14(17)13-6-11(13)3/h10-13H,4-9H2,1-3H3,(H,15,17)/t11-,12+,13+/m0/s1. The third-order valence-corrected chi connectivity index (χ3v) is 3.80. The zero-order valence-electron chi connectivity index (χ0n) is 11.8. The lowest BCUT2D eigenvalue weighted by atomic mass is 10.2. The van der Waals surface area contributed by atoms with Crippen molar-refractivity contribution in [1.29, 1.82) is 0 Å². The molecular weight excluding hydrogens is 228 g/mol. The molecule has 0 spiro atoms. The van der Waals surface area contributed by atoms with Crippen LogP contribution in [0.15, 0.2) is 0 Å². The maximum atomic E-state index is 11.7. The van der Waals surface area contributed by atoms with Crippen molar-refractivity contribution in [2.75, 3.05) is 32.8 Å². The molecule has 0 aromatic heterocycles. The van der Waals surface area contributed by atoms with E-state index in [2.05, 4.69) is 31.0 Å². The molecule has 1 amide bonds. The summed E-state index contributed by atoms with van der Waals surface area (Å²) in [7, 11) is 0. The largest absolute Gasteiger partial charge is 0.374 e. The molecule has 1 N–H and O–H groups in total. The molecule has 0 unspecified atom stereocenters. The molecule has 0 radical (unpaired) electrons. The highest BCUT2D eigenvalue weighted by atomic mass is 16.5. The minimum Gasteiger partial charge on any atom is -0.374 e. The number of amides is 1. The third-order valence-electron chi connectivity index (χ3n) is 3.80. The van der Waals surface area contributed by atoms with Crippen LogP contribution in [0.25, 0.3) is 0 Å². The first-order valence-corrected chi connectivity index (χ1v) is 7.18. The summed E-state index contributed by atoms with van der Waals surface area (Å²) in [6.45, 7) is 11.1. The monoisotopic (exact) mass is 254 g/mol. The Morgan fingerprint density at radius 2 is 2.22 bits per heavy atom. The molecule has 3 atom stereocenters. The quantitative estimate of drug-likeness (QED) is 0.799. The molecule has 2 rings (SSSR count). The predicted octanol–water partition coefficient (Wildman–Crippen LogP) is 1.12. The summed E-state index contributed by atoms with van der Waals surface area (Å²) in [5.41, 5.74) is 0. The Labute approximate surface area is 110 Å². The molecule has 104 valence electrons. The van der Waals surface area contributed by atoms with Gasteiger partial charge in [-0.15, -0.1) is 0 Å². The Morgan fingerprint density at radius 1 is 1.50 bits per heavy atom. The van der Waals surface area contributed by atoms with Gasteiger partial charge >= 0.3 is 0 Å². The summed E-state index contributed by atoms with van der Waals surface area (Å²) in [5, 5.41) is 3.03. The lowest BCUT2D eigenvalue weighted by Crippen LogP contribution is -2.48. The summed E-state index contributed by atoms with van der Waals surface area (Å²) in [6, 6.07) is 0. The summed E-state index contributed by atoms with van der Waals surface area (Å²) < 4.78 is 5.71. The molecule has 18 heavy (non-hydrogen) atoms. The fourth-order valence-electron chi connectivity index (χ4n) is 2.62. The summed E-state index contributed by atoms with van der Waals surface area (Å²) in [5.74, 6) is 1.74. The molecule has 2 aliphatic rings. The van der Waals surface area contributed by atoms with Gasteiger partial charge in [0.1, 0.15) is 0 Å². The van der Waals surface area contributed by atoms with Crippen molar-refractivity contribution in [3.05, 3.63) is 0 Å². The number of carbonyl (C=O) groups excluding carboxylic acids is 1. The van der Waals surface area contributed by atoms with Gasteiger partial charge in [0.05, 0.1) is 12.7 Å². The first-order valence-electron chi connectivity index (χ1n) is 7.18. The van der Waals surface area contributed by atoms with Crippen molar-refractivity contribution < 1.29 is 9.53 Å². The molecule has 1 heterocycles. The van der Waals surface area contributed by atoms with Crippen LogP contribution in [0.4, 0.5) is 0 Å². The van der Waals surface area contributed by atoms with E-state index in [1.807, 2.05) is 0 Å². The molecule has 1 saturated carbocycles. The van der Waals surface area contributed by atoms with Gasteiger partial charge < -0.3 is 10.1 Å². The van der Waals surface area contributed by atoms with Crippen molar-refractivity contribution in [2.24, 2.45) is 17.8 Å². The topological polar surface area (TPSA) is 41.6 Å². The molecule has 4 nitrogen and oxygen atoms in total. The van der Waals surface area contributed by atoms with Gasteiger partial charge in [-0.3, -0.25) is 9.69 Å². The molecule has 0 aromatic carbocycles. The van der Waals surface area contributed by atoms with Crippen LogP contribution in [-0.4, -0.2) is 49.7 Å². The van der Waals surface area contributed by atoms with E-state index >= 15 is 0 Å². The Bertz CT molecular complexity index is 294. The second-order valence-corrected chi connectivity index (χ2v) is 6.21. The van der Waals surface area contributed by atoms with E-state index in [1.165, 1.54) is 0 Å². The number of hydrogen-bond donors (Lipinski definition) is 1. The molecule has 1 aliphatic heterocycles. The van der Waals surface area contributed by atoms with Crippen LogP contribution in [0, 0.1) is 17.8 Å². The van der Waals surface area contributed by atoms with Crippen LogP contribution in [0.5, 0.6) is 0 Å². The van der Waals surface area contributed by atoms with Gasteiger partial charge in [0, 0.05) is 32.1 Å². The number of carbonyl (C=O) groups is 1. The fraction of sp³-hybridized carbons (Fsp3) is 0.929. The first-order chi connectivity index (χ1) is 8.56. The normalized spacial score (nSPS) is 32.6.